The molecule has 3 heterocycles. The highest BCUT2D eigenvalue weighted by molar-refractivity contribution is 5.82. The van der Waals surface area contributed by atoms with Gasteiger partial charge in [0.2, 0.25) is 5.91 Å². The number of nitrogens with one attached hydrogen (secondary N) is 1. The van der Waals surface area contributed by atoms with Gasteiger partial charge in [-0.3, -0.25) is 14.5 Å². The highest BCUT2D eigenvalue weighted by Gasteiger charge is 2.33. The molecule has 1 N–H and O–H groups in total. The summed E-state index contributed by atoms with van der Waals surface area (Å²) < 4.78 is 0. The third-order valence-electron chi connectivity index (χ3n) is 5.55. The van der Waals surface area contributed by atoms with Crippen molar-refractivity contribution < 1.29 is 4.79 Å². The zero-order valence-electron chi connectivity index (χ0n) is 15.3. The van der Waals surface area contributed by atoms with E-state index in [0.29, 0.717) is 31.8 Å². The Morgan fingerprint density at radius 2 is 1.92 bits per heavy atom. The number of amides is 1. The Labute approximate surface area is 152 Å². The smallest absolute Gasteiger partial charge is 0.254 e. The lowest BCUT2D eigenvalue weighted by molar-refractivity contribution is -0.137. The van der Waals surface area contributed by atoms with Crippen molar-refractivity contribution >= 4 is 5.91 Å². The molecule has 0 aliphatic carbocycles. The number of carbonyl (C=O) groups excluding carboxylic acids is 1. The van der Waals surface area contributed by atoms with Crippen molar-refractivity contribution in [1.29, 1.82) is 0 Å². The van der Waals surface area contributed by atoms with Crippen LogP contribution in [0.1, 0.15) is 28.2 Å². The summed E-state index contributed by atoms with van der Waals surface area (Å²) in [5.41, 5.74) is 4.06. The lowest BCUT2D eigenvalue weighted by atomic mass is 9.93. The number of likely N-dealkylation sites (N-methyl/N-ethyl adjacent to an activating group) is 1. The molecule has 136 valence electrons. The first kappa shape index (κ1) is 17.0. The minimum Gasteiger partial charge on any atom is -0.341 e. The van der Waals surface area contributed by atoms with E-state index in [-0.39, 0.29) is 17.5 Å². The first-order valence-electron chi connectivity index (χ1n) is 9.17. The Balaban J connectivity index is 1.53. The molecule has 1 amide bonds. The number of aromatic amines is 1. The number of rotatable bonds is 1. The number of hydrogen-bond donors (Lipinski definition) is 1. The quantitative estimate of drug-likeness (QED) is 0.833. The summed E-state index contributed by atoms with van der Waals surface area (Å²) in [6, 6.07) is 8.20. The predicted molar refractivity (Wildman–Crippen MR) is 99.0 cm³/mol. The van der Waals surface area contributed by atoms with Crippen LogP contribution in [0.4, 0.5) is 0 Å². The highest BCUT2D eigenvalue weighted by atomic mass is 16.2. The van der Waals surface area contributed by atoms with Gasteiger partial charge in [-0.25, -0.2) is 4.98 Å². The van der Waals surface area contributed by atoms with Gasteiger partial charge in [0.15, 0.2) is 0 Å². The number of aryl methyl sites for hydroxylation is 1. The summed E-state index contributed by atoms with van der Waals surface area (Å²) in [7, 11) is 2.01. The van der Waals surface area contributed by atoms with Crippen molar-refractivity contribution in [3.63, 3.8) is 0 Å². The van der Waals surface area contributed by atoms with E-state index < -0.39 is 0 Å². The number of hydrogen-bond acceptors (Lipinski definition) is 4. The standard InChI is InChI=1S/C20H24N4O2/c1-13-21-17-8-10-24(9-7-16(17)19(25)22-13)20(26)18-11-14-5-3-4-6-15(14)12-23(18)2/h3-6,18H,7-12H2,1-2H3,(H,21,22,25)/t18-/m1/s1. The van der Waals surface area contributed by atoms with Gasteiger partial charge in [0.1, 0.15) is 5.82 Å². The molecule has 0 saturated heterocycles. The highest BCUT2D eigenvalue weighted by Crippen LogP contribution is 2.24. The molecule has 0 unspecified atom stereocenters. The van der Waals surface area contributed by atoms with Crippen LogP contribution >= 0.6 is 0 Å². The fourth-order valence-electron chi connectivity index (χ4n) is 4.09. The largest absolute Gasteiger partial charge is 0.341 e. The number of H-pyrrole nitrogens is 1. The Bertz CT molecular complexity index is 905. The first-order chi connectivity index (χ1) is 12.5. The molecule has 6 nitrogen and oxygen atoms in total. The van der Waals surface area contributed by atoms with Crippen LogP contribution in [0.3, 0.4) is 0 Å². The van der Waals surface area contributed by atoms with Gasteiger partial charge in [-0.2, -0.15) is 0 Å². The molecule has 0 spiro atoms. The third-order valence-corrected chi connectivity index (χ3v) is 5.55. The van der Waals surface area contributed by atoms with Crippen molar-refractivity contribution in [3.05, 3.63) is 62.8 Å². The summed E-state index contributed by atoms with van der Waals surface area (Å²) >= 11 is 0. The molecule has 1 aromatic heterocycles. The van der Waals surface area contributed by atoms with Gasteiger partial charge in [-0.15, -0.1) is 0 Å². The minimum atomic E-state index is -0.140. The maximum atomic E-state index is 13.2. The monoisotopic (exact) mass is 352 g/mol. The minimum absolute atomic E-state index is 0.0643. The Hall–Kier alpha value is -2.47. The topological polar surface area (TPSA) is 69.3 Å². The molecule has 2 aliphatic rings. The van der Waals surface area contributed by atoms with Crippen LogP contribution in [0.2, 0.25) is 0 Å². The lowest BCUT2D eigenvalue weighted by Gasteiger charge is -2.36. The van der Waals surface area contributed by atoms with E-state index in [1.165, 1.54) is 11.1 Å². The molecule has 1 atom stereocenters. The molecule has 0 saturated carbocycles. The molecular weight excluding hydrogens is 328 g/mol. The van der Waals surface area contributed by atoms with E-state index in [9.17, 15) is 9.59 Å². The Kier molecular flexibility index (Phi) is 4.36. The van der Waals surface area contributed by atoms with Gasteiger partial charge in [-0.05, 0) is 37.9 Å². The zero-order chi connectivity index (χ0) is 18.3. The average Bonchev–Trinajstić information content (AvgIpc) is 2.83. The fourth-order valence-corrected chi connectivity index (χ4v) is 4.09. The van der Waals surface area contributed by atoms with Crippen LogP contribution in [0.15, 0.2) is 29.1 Å². The Morgan fingerprint density at radius 1 is 1.19 bits per heavy atom. The van der Waals surface area contributed by atoms with Crippen molar-refractivity contribution in [1.82, 2.24) is 19.8 Å². The zero-order valence-corrected chi connectivity index (χ0v) is 15.3. The van der Waals surface area contributed by atoms with E-state index >= 15 is 0 Å². The van der Waals surface area contributed by atoms with Crippen molar-refractivity contribution in [2.45, 2.75) is 38.8 Å². The van der Waals surface area contributed by atoms with Gasteiger partial charge in [-0.1, -0.05) is 24.3 Å². The molecule has 0 bridgehead atoms. The molecule has 2 aliphatic heterocycles. The maximum Gasteiger partial charge on any atom is 0.254 e. The third kappa shape index (κ3) is 3.05. The fraction of sp³-hybridized carbons (Fsp3) is 0.450. The van der Waals surface area contributed by atoms with Crippen LogP contribution in [-0.4, -0.2) is 51.9 Å². The summed E-state index contributed by atoms with van der Waals surface area (Å²) in [5.74, 6) is 0.792. The second kappa shape index (κ2) is 6.68. The summed E-state index contributed by atoms with van der Waals surface area (Å²) in [4.78, 5) is 36.7. The first-order valence-corrected chi connectivity index (χ1v) is 9.17. The number of nitrogens with zero attached hydrogens (tertiary/aromatic N) is 3. The lowest BCUT2D eigenvalue weighted by Crippen LogP contribution is -2.50. The van der Waals surface area contributed by atoms with Gasteiger partial charge < -0.3 is 9.88 Å². The maximum absolute atomic E-state index is 13.2. The van der Waals surface area contributed by atoms with E-state index in [1.807, 2.05) is 24.1 Å². The van der Waals surface area contributed by atoms with E-state index in [1.54, 1.807) is 6.92 Å². The van der Waals surface area contributed by atoms with Gasteiger partial charge in [0.25, 0.3) is 5.56 Å². The number of aromatic nitrogens is 2. The number of carbonyl (C=O) groups is 1. The van der Waals surface area contributed by atoms with E-state index in [0.717, 1.165) is 24.2 Å². The van der Waals surface area contributed by atoms with E-state index in [4.69, 9.17) is 0 Å². The molecule has 6 heteroatoms. The van der Waals surface area contributed by atoms with Crippen molar-refractivity contribution in [3.8, 4) is 0 Å². The van der Waals surface area contributed by atoms with Crippen molar-refractivity contribution in [2.75, 3.05) is 20.1 Å². The molecule has 1 aromatic carbocycles. The Morgan fingerprint density at radius 3 is 2.73 bits per heavy atom. The second-order valence-corrected chi connectivity index (χ2v) is 7.31. The summed E-state index contributed by atoms with van der Waals surface area (Å²) in [5, 5.41) is 0. The summed E-state index contributed by atoms with van der Waals surface area (Å²) in [6.07, 6.45) is 1.95. The van der Waals surface area contributed by atoms with Gasteiger partial charge in [0, 0.05) is 31.6 Å². The average molecular weight is 352 g/mol. The number of benzene rings is 1. The van der Waals surface area contributed by atoms with Crippen LogP contribution in [0.25, 0.3) is 0 Å². The molecule has 0 radical (unpaired) electrons. The predicted octanol–water partition coefficient (Wildman–Crippen LogP) is 1.06. The van der Waals surface area contributed by atoms with Crippen molar-refractivity contribution in [2.24, 2.45) is 0 Å². The molecule has 26 heavy (non-hydrogen) atoms. The second-order valence-electron chi connectivity index (χ2n) is 7.31. The van der Waals surface area contributed by atoms with Crippen LogP contribution < -0.4 is 5.56 Å². The van der Waals surface area contributed by atoms with E-state index in [2.05, 4.69) is 27.0 Å². The molecule has 0 fully saturated rings. The van der Waals surface area contributed by atoms with Crippen LogP contribution in [-0.2, 0) is 30.6 Å². The molecular formula is C20H24N4O2. The summed E-state index contributed by atoms with van der Waals surface area (Å²) in [6.45, 7) is 3.78. The number of fused-ring (bicyclic) bond motifs is 2. The van der Waals surface area contributed by atoms with Gasteiger partial charge >= 0.3 is 0 Å². The normalized spacial score (nSPS) is 20.2. The molecule has 2 aromatic rings. The van der Waals surface area contributed by atoms with Crippen LogP contribution in [0.5, 0.6) is 0 Å². The van der Waals surface area contributed by atoms with Crippen LogP contribution in [0, 0.1) is 6.92 Å². The SMILES string of the molecule is Cc1nc2c(c(=O)[nH]1)CCN(C(=O)[C@H]1Cc3ccccc3CN1C)CC2. The van der Waals surface area contributed by atoms with Gasteiger partial charge in [0.05, 0.1) is 11.7 Å². The molecule has 4 rings (SSSR count).